The molecule has 5 rings (SSSR count). The van der Waals surface area contributed by atoms with Crippen LogP contribution in [0.3, 0.4) is 0 Å². The van der Waals surface area contributed by atoms with Crippen LogP contribution < -0.4 is 0 Å². The lowest BCUT2D eigenvalue weighted by Gasteiger charge is -2.53. The van der Waals surface area contributed by atoms with Gasteiger partial charge in [-0.1, -0.05) is 23.8 Å². The molecule has 4 aliphatic rings. The Labute approximate surface area is 133 Å². The largest absolute Gasteiger partial charge is 0.478 e. The third kappa shape index (κ3) is 2.10. The number of rotatable bonds is 3. The monoisotopic (exact) mass is 315 g/mol. The minimum Gasteiger partial charge on any atom is -0.478 e. The molecule has 1 saturated carbocycles. The molecule has 120 valence electrons. The molecule has 4 nitrogen and oxygen atoms in total. The van der Waals surface area contributed by atoms with Crippen molar-refractivity contribution in [2.24, 2.45) is 5.41 Å². The van der Waals surface area contributed by atoms with Crippen molar-refractivity contribution in [2.75, 3.05) is 13.1 Å². The Balaban J connectivity index is 1.46. The van der Waals surface area contributed by atoms with E-state index in [1.165, 1.54) is 11.6 Å². The average molecular weight is 315 g/mol. The van der Waals surface area contributed by atoms with Crippen LogP contribution in [-0.4, -0.2) is 35.0 Å². The number of amides is 1. The molecular formula is C18H18FNO3. The van der Waals surface area contributed by atoms with Gasteiger partial charge in [0, 0.05) is 13.1 Å². The summed E-state index contributed by atoms with van der Waals surface area (Å²) >= 11 is 0. The Morgan fingerprint density at radius 3 is 2.39 bits per heavy atom. The quantitative estimate of drug-likeness (QED) is 0.873. The van der Waals surface area contributed by atoms with Gasteiger partial charge in [-0.3, -0.25) is 4.79 Å². The van der Waals surface area contributed by atoms with Gasteiger partial charge in [0.2, 0.25) is 5.91 Å². The normalized spacial score (nSPS) is 22.0. The standard InChI is InChI=1S/C18H18FNO3/c19-15-13(2-1-3-14(15)16(21)22)12-4-6-20(7-5-12)17(23)18-8-11(9-18)10-18/h1-3,8,12H,4-7,9-10H2,(H,21,22). The van der Waals surface area contributed by atoms with E-state index in [9.17, 15) is 14.0 Å². The molecule has 1 aliphatic heterocycles. The highest BCUT2D eigenvalue weighted by Gasteiger charge is 2.55. The van der Waals surface area contributed by atoms with Gasteiger partial charge >= 0.3 is 5.97 Å². The molecule has 0 unspecified atom stereocenters. The zero-order valence-electron chi connectivity index (χ0n) is 12.7. The number of carboxylic acid groups (broad SMARTS) is 1. The number of likely N-dealkylation sites (tertiary alicyclic amines) is 1. The highest BCUT2D eigenvalue weighted by atomic mass is 19.1. The van der Waals surface area contributed by atoms with E-state index in [0.29, 0.717) is 31.5 Å². The molecule has 1 N–H and O–H groups in total. The molecule has 0 aromatic heterocycles. The van der Waals surface area contributed by atoms with Crippen molar-refractivity contribution in [1.29, 1.82) is 0 Å². The molecule has 5 heteroatoms. The van der Waals surface area contributed by atoms with E-state index in [1.54, 1.807) is 12.1 Å². The van der Waals surface area contributed by atoms with Crippen molar-refractivity contribution in [1.82, 2.24) is 4.90 Å². The molecular weight excluding hydrogens is 297 g/mol. The number of benzene rings is 1. The SMILES string of the molecule is O=C(O)c1cccc(C2CCN(C(=O)C34C=C(C3)C4)CC2)c1F. The van der Waals surface area contributed by atoms with Gasteiger partial charge in [-0.25, -0.2) is 9.18 Å². The summed E-state index contributed by atoms with van der Waals surface area (Å²) in [4.78, 5) is 25.5. The Bertz CT molecular complexity index is 724. The first-order valence-corrected chi connectivity index (χ1v) is 8.02. The van der Waals surface area contributed by atoms with Crippen LogP contribution >= 0.6 is 0 Å². The summed E-state index contributed by atoms with van der Waals surface area (Å²) < 4.78 is 14.4. The number of allylic oxidation sites excluding steroid dienone is 1. The van der Waals surface area contributed by atoms with Crippen molar-refractivity contribution < 1.29 is 19.1 Å². The van der Waals surface area contributed by atoms with Gasteiger partial charge in [-0.2, -0.15) is 0 Å². The molecule has 2 bridgehead atoms. The van der Waals surface area contributed by atoms with E-state index in [0.717, 1.165) is 12.8 Å². The molecule has 2 fully saturated rings. The van der Waals surface area contributed by atoms with Gasteiger partial charge in [-0.15, -0.1) is 0 Å². The molecule has 0 radical (unpaired) electrons. The molecule has 0 spiro atoms. The number of carboxylic acids is 1. The van der Waals surface area contributed by atoms with Crippen molar-refractivity contribution >= 4 is 11.9 Å². The zero-order valence-corrected chi connectivity index (χ0v) is 12.7. The second-order valence-corrected chi connectivity index (χ2v) is 6.89. The second-order valence-electron chi connectivity index (χ2n) is 6.89. The zero-order chi connectivity index (χ0) is 16.2. The smallest absolute Gasteiger partial charge is 0.338 e. The number of aromatic carboxylic acids is 1. The predicted molar refractivity (Wildman–Crippen MR) is 81.7 cm³/mol. The van der Waals surface area contributed by atoms with Crippen LogP contribution in [0.4, 0.5) is 4.39 Å². The van der Waals surface area contributed by atoms with Crippen LogP contribution in [-0.2, 0) is 4.79 Å². The van der Waals surface area contributed by atoms with Crippen LogP contribution in [0.1, 0.15) is 47.5 Å². The summed E-state index contributed by atoms with van der Waals surface area (Å²) in [5.74, 6) is -1.68. The summed E-state index contributed by atoms with van der Waals surface area (Å²) in [5, 5.41) is 9.03. The molecule has 1 saturated heterocycles. The highest BCUT2D eigenvalue weighted by molar-refractivity contribution is 5.91. The van der Waals surface area contributed by atoms with E-state index in [-0.39, 0.29) is 22.8 Å². The fourth-order valence-corrected chi connectivity index (χ4v) is 4.04. The Kier molecular flexibility index (Phi) is 3.08. The number of halogens is 1. The topological polar surface area (TPSA) is 57.6 Å². The Hall–Kier alpha value is -2.17. The van der Waals surface area contributed by atoms with E-state index in [1.807, 2.05) is 4.90 Å². The van der Waals surface area contributed by atoms with Gasteiger partial charge in [0.15, 0.2) is 0 Å². The summed E-state index contributed by atoms with van der Waals surface area (Å²) in [7, 11) is 0. The van der Waals surface area contributed by atoms with Crippen LogP contribution in [0.2, 0.25) is 0 Å². The molecule has 0 atom stereocenters. The third-order valence-electron chi connectivity index (χ3n) is 5.47. The van der Waals surface area contributed by atoms with Gasteiger partial charge in [0.05, 0.1) is 11.0 Å². The van der Waals surface area contributed by atoms with Gasteiger partial charge < -0.3 is 10.0 Å². The Morgan fingerprint density at radius 1 is 1.22 bits per heavy atom. The van der Waals surface area contributed by atoms with E-state index in [2.05, 4.69) is 6.08 Å². The fourth-order valence-electron chi connectivity index (χ4n) is 4.04. The molecule has 3 aliphatic carbocycles. The van der Waals surface area contributed by atoms with E-state index >= 15 is 0 Å². The maximum atomic E-state index is 14.4. The first-order valence-electron chi connectivity index (χ1n) is 8.02. The summed E-state index contributed by atoms with van der Waals surface area (Å²) in [6.45, 7) is 1.23. The predicted octanol–water partition coefficient (Wildman–Crippen LogP) is 2.95. The van der Waals surface area contributed by atoms with Crippen LogP contribution in [0.25, 0.3) is 0 Å². The molecule has 23 heavy (non-hydrogen) atoms. The number of hydrogen-bond acceptors (Lipinski definition) is 2. The van der Waals surface area contributed by atoms with Crippen molar-refractivity contribution in [3.63, 3.8) is 0 Å². The third-order valence-corrected chi connectivity index (χ3v) is 5.47. The van der Waals surface area contributed by atoms with Crippen LogP contribution in [0, 0.1) is 11.2 Å². The first kappa shape index (κ1) is 14.4. The molecule has 1 aromatic carbocycles. The average Bonchev–Trinajstić information content (AvgIpc) is 2.44. The Morgan fingerprint density at radius 2 is 1.87 bits per heavy atom. The summed E-state index contributed by atoms with van der Waals surface area (Å²) in [6.07, 6.45) is 5.27. The molecule has 1 heterocycles. The van der Waals surface area contributed by atoms with Crippen LogP contribution in [0.15, 0.2) is 29.8 Å². The van der Waals surface area contributed by atoms with Gasteiger partial charge in [0.25, 0.3) is 0 Å². The van der Waals surface area contributed by atoms with Crippen molar-refractivity contribution in [2.45, 2.75) is 31.6 Å². The summed E-state index contributed by atoms with van der Waals surface area (Å²) in [5.41, 5.74) is 1.36. The minimum atomic E-state index is -1.24. The number of carbonyl (C=O) groups excluding carboxylic acids is 1. The molecule has 1 amide bonds. The molecule has 1 aromatic rings. The minimum absolute atomic E-state index is 0.0234. The number of hydrogen-bond donors (Lipinski definition) is 1. The maximum Gasteiger partial charge on any atom is 0.338 e. The lowest BCUT2D eigenvalue weighted by Crippen LogP contribution is -2.55. The second kappa shape index (κ2) is 4.91. The van der Waals surface area contributed by atoms with E-state index < -0.39 is 11.8 Å². The lowest BCUT2D eigenvalue weighted by atomic mass is 9.53. The fraction of sp³-hybridized carbons (Fsp3) is 0.444. The number of nitrogens with zero attached hydrogens (tertiary/aromatic N) is 1. The lowest BCUT2D eigenvalue weighted by molar-refractivity contribution is -0.145. The van der Waals surface area contributed by atoms with E-state index in [4.69, 9.17) is 5.11 Å². The van der Waals surface area contributed by atoms with Crippen molar-refractivity contribution in [3.05, 3.63) is 46.8 Å². The van der Waals surface area contributed by atoms with Crippen molar-refractivity contribution in [3.8, 4) is 0 Å². The summed E-state index contributed by atoms with van der Waals surface area (Å²) in [6, 6.07) is 4.54. The number of piperidine rings is 1. The van der Waals surface area contributed by atoms with Crippen LogP contribution in [0.5, 0.6) is 0 Å². The number of carbonyl (C=O) groups is 2. The van der Waals surface area contributed by atoms with Gasteiger partial charge in [-0.05, 0) is 43.2 Å². The highest BCUT2D eigenvalue weighted by Crippen LogP contribution is 2.59. The first-order chi connectivity index (χ1) is 11.0. The van der Waals surface area contributed by atoms with Gasteiger partial charge in [0.1, 0.15) is 5.82 Å². The maximum absolute atomic E-state index is 14.4.